The van der Waals surface area contributed by atoms with Crippen LogP contribution in [0.25, 0.3) is 28.4 Å². The molecule has 160 valence electrons. The summed E-state index contributed by atoms with van der Waals surface area (Å²) in [7, 11) is 0. The minimum atomic E-state index is -0.761. The maximum atomic E-state index is 12.9. The largest absolute Gasteiger partial charge is 0.508 e. The molecular weight excluding hydrogens is 396 g/mol. The third-order valence-corrected chi connectivity index (χ3v) is 5.24. The molecule has 0 fully saturated rings. The Morgan fingerprint density at radius 2 is 1.84 bits per heavy atom. The molecule has 6 heteroatoms. The van der Waals surface area contributed by atoms with E-state index in [0.29, 0.717) is 28.9 Å². The lowest BCUT2D eigenvalue weighted by atomic mass is 9.99. The highest BCUT2D eigenvalue weighted by atomic mass is 16.5. The second kappa shape index (κ2) is 7.23. The van der Waals surface area contributed by atoms with Crippen molar-refractivity contribution in [3.8, 4) is 34.3 Å². The highest BCUT2D eigenvalue weighted by molar-refractivity contribution is 5.93. The van der Waals surface area contributed by atoms with E-state index in [2.05, 4.69) is 0 Å². The van der Waals surface area contributed by atoms with Crippen LogP contribution in [-0.4, -0.2) is 20.9 Å². The molecule has 0 unspecified atom stereocenters. The number of aromatic hydroxyl groups is 3. The van der Waals surface area contributed by atoms with E-state index in [4.69, 9.17) is 9.15 Å². The van der Waals surface area contributed by atoms with E-state index in [9.17, 15) is 20.1 Å². The predicted molar refractivity (Wildman–Crippen MR) is 120 cm³/mol. The number of fused-ring (bicyclic) bond motifs is 2. The molecule has 3 aromatic rings. The van der Waals surface area contributed by atoms with Crippen molar-refractivity contribution in [1.82, 2.24) is 0 Å². The maximum Gasteiger partial charge on any atom is 0.238 e. The molecule has 4 rings (SSSR count). The van der Waals surface area contributed by atoms with Gasteiger partial charge < -0.3 is 24.5 Å². The van der Waals surface area contributed by atoms with Gasteiger partial charge in [0.25, 0.3) is 0 Å². The van der Waals surface area contributed by atoms with Crippen LogP contribution in [0.4, 0.5) is 0 Å². The van der Waals surface area contributed by atoms with Gasteiger partial charge in [-0.2, -0.15) is 0 Å². The van der Waals surface area contributed by atoms with Gasteiger partial charge in [0, 0.05) is 11.6 Å². The Kier molecular flexibility index (Phi) is 4.81. The lowest BCUT2D eigenvalue weighted by Gasteiger charge is -2.28. The average molecular weight is 420 g/mol. The van der Waals surface area contributed by atoms with Crippen LogP contribution in [0.2, 0.25) is 0 Å². The molecule has 0 atom stereocenters. The van der Waals surface area contributed by atoms with E-state index in [1.165, 1.54) is 12.1 Å². The number of benzene rings is 2. The summed E-state index contributed by atoms with van der Waals surface area (Å²) in [5, 5.41) is 31.5. The first-order valence-corrected chi connectivity index (χ1v) is 9.97. The van der Waals surface area contributed by atoms with Crippen LogP contribution in [0.5, 0.6) is 23.0 Å². The first kappa shape index (κ1) is 20.6. The Morgan fingerprint density at radius 1 is 1.10 bits per heavy atom. The zero-order valence-electron chi connectivity index (χ0n) is 17.8. The van der Waals surface area contributed by atoms with E-state index in [0.717, 1.165) is 5.57 Å². The molecule has 1 aliphatic heterocycles. The fraction of sp³-hybridized carbons (Fsp3) is 0.240. The van der Waals surface area contributed by atoms with Gasteiger partial charge >= 0.3 is 0 Å². The van der Waals surface area contributed by atoms with Gasteiger partial charge in [0.15, 0.2) is 5.76 Å². The van der Waals surface area contributed by atoms with Crippen molar-refractivity contribution in [2.75, 3.05) is 0 Å². The predicted octanol–water partition coefficient (Wildman–Crippen LogP) is 5.27. The number of phenols is 2. The zero-order valence-corrected chi connectivity index (χ0v) is 17.8. The van der Waals surface area contributed by atoms with Crippen molar-refractivity contribution >= 4 is 17.0 Å². The summed E-state index contributed by atoms with van der Waals surface area (Å²) in [5.41, 5.74) is 1.27. The number of hydrogen-bond acceptors (Lipinski definition) is 6. The van der Waals surface area contributed by atoms with Gasteiger partial charge in [0.1, 0.15) is 33.8 Å². The van der Waals surface area contributed by atoms with E-state index in [1.54, 1.807) is 24.3 Å². The van der Waals surface area contributed by atoms with Crippen molar-refractivity contribution in [2.24, 2.45) is 0 Å². The molecule has 1 aliphatic rings. The molecule has 2 aromatic carbocycles. The van der Waals surface area contributed by atoms with Crippen LogP contribution in [0.15, 0.2) is 51.2 Å². The first-order chi connectivity index (χ1) is 14.6. The topological polar surface area (TPSA) is 100 Å². The fourth-order valence-electron chi connectivity index (χ4n) is 3.55. The van der Waals surface area contributed by atoms with E-state index in [1.807, 2.05) is 33.8 Å². The van der Waals surface area contributed by atoms with Crippen LogP contribution in [0, 0.1) is 0 Å². The molecule has 0 saturated heterocycles. The molecule has 2 heterocycles. The van der Waals surface area contributed by atoms with Crippen LogP contribution >= 0.6 is 0 Å². The molecule has 0 aliphatic carbocycles. The molecule has 0 radical (unpaired) electrons. The second-order valence-electron chi connectivity index (χ2n) is 8.49. The first-order valence-electron chi connectivity index (χ1n) is 9.97. The lowest BCUT2D eigenvalue weighted by Crippen LogP contribution is -2.27. The number of rotatable bonds is 3. The van der Waals surface area contributed by atoms with Crippen LogP contribution in [0.3, 0.4) is 0 Å². The summed E-state index contributed by atoms with van der Waals surface area (Å²) in [6.45, 7) is 7.68. The molecule has 6 nitrogen and oxygen atoms in total. The van der Waals surface area contributed by atoms with E-state index < -0.39 is 16.8 Å². The SMILES string of the molecule is CC(C)=CCc1ccc(-c2oc3cc4c(c(O)c3c(=O)c2O)C=CC(C)(C)O4)cc1O. The van der Waals surface area contributed by atoms with Crippen LogP contribution < -0.4 is 10.2 Å². The quantitative estimate of drug-likeness (QED) is 0.499. The normalized spacial score (nSPS) is 14.2. The summed E-state index contributed by atoms with van der Waals surface area (Å²) in [4.78, 5) is 12.9. The van der Waals surface area contributed by atoms with Gasteiger partial charge in [-0.25, -0.2) is 0 Å². The molecule has 1 aromatic heterocycles. The fourth-order valence-corrected chi connectivity index (χ4v) is 3.55. The smallest absolute Gasteiger partial charge is 0.238 e. The number of ether oxygens (including phenoxy) is 1. The molecule has 0 saturated carbocycles. The minimum absolute atomic E-state index is 0.0284. The number of phenolic OH excluding ortho intramolecular Hbond substituents is 2. The Balaban J connectivity index is 1.88. The third-order valence-electron chi connectivity index (χ3n) is 5.24. The van der Waals surface area contributed by atoms with Crippen molar-refractivity contribution in [1.29, 1.82) is 0 Å². The Morgan fingerprint density at radius 3 is 2.52 bits per heavy atom. The molecular formula is C25H24O6. The van der Waals surface area contributed by atoms with Crippen molar-refractivity contribution < 1.29 is 24.5 Å². The Bertz CT molecular complexity index is 1320. The summed E-state index contributed by atoms with van der Waals surface area (Å²) in [6, 6.07) is 6.36. The average Bonchev–Trinajstić information content (AvgIpc) is 2.68. The maximum absolute atomic E-state index is 12.9. The van der Waals surface area contributed by atoms with Crippen molar-refractivity contribution in [3.63, 3.8) is 0 Å². The van der Waals surface area contributed by atoms with Crippen LogP contribution in [0.1, 0.15) is 38.8 Å². The molecule has 31 heavy (non-hydrogen) atoms. The molecule has 0 spiro atoms. The third kappa shape index (κ3) is 3.65. The summed E-state index contributed by atoms with van der Waals surface area (Å²) < 4.78 is 11.7. The van der Waals surface area contributed by atoms with Gasteiger partial charge in [-0.1, -0.05) is 23.8 Å². The standard InChI is InChI=1S/C25H24O6/c1-13(2)5-6-14-7-8-15(11-17(14)26)24-23(29)22(28)20-19(30-24)12-18-16(21(20)27)9-10-25(3,4)31-18/h5,7-12,26-27,29H,6H2,1-4H3. The van der Waals surface area contributed by atoms with Gasteiger partial charge in [0.2, 0.25) is 11.2 Å². The molecule has 0 bridgehead atoms. The number of hydrogen-bond donors (Lipinski definition) is 3. The highest BCUT2D eigenvalue weighted by Crippen LogP contribution is 2.43. The van der Waals surface area contributed by atoms with Crippen LogP contribution in [-0.2, 0) is 6.42 Å². The van der Waals surface area contributed by atoms with Gasteiger partial charge in [-0.15, -0.1) is 0 Å². The van der Waals surface area contributed by atoms with Crippen molar-refractivity contribution in [3.05, 3.63) is 63.3 Å². The monoisotopic (exact) mass is 420 g/mol. The van der Waals surface area contributed by atoms with Crippen molar-refractivity contribution in [2.45, 2.75) is 39.7 Å². The lowest BCUT2D eigenvalue weighted by molar-refractivity contribution is 0.158. The summed E-state index contributed by atoms with van der Waals surface area (Å²) in [6.07, 6.45) is 6.00. The van der Waals surface area contributed by atoms with Gasteiger partial charge in [-0.3, -0.25) is 4.79 Å². The second-order valence-corrected chi connectivity index (χ2v) is 8.49. The molecule has 3 N–H and O–H groups in total. The van der Waals surface area contributed by atoms with E-state index in [-0.39, 0.29) is 28.2 Å². The Labute approximate surface area is 179 Å². The minimum Gasteiger partial charge on any atom is -0.508 e. The van der Waals surface area contributed by atoms with Gasteiger partial charge in [0.05, 0.1) is 5.56 Å². The highest BCUT2D eigenvalue weighted by Gasteiger charge is 2.27. The number of allylic oxidation sites excluding steroid dienone is 2. The summed E-state index contributed by atoms with van der Waals surface area (Å²) in [5.74, 6) is -0.639. The Hall–Kier alpha value is -3.67. The van der Waals surface area contributed by atoms with Gasteiger partial charge in [-0.05, 0) is 57.9 Å². The molecule has 0 amide bonds. The van der Waals surface area contributed by atoms with E-state index >= 15 is 0 Å². The summed E-state index contributed by atoms with van der Waals surface area (Å²) >= 11 is 0. The zero-order chi connectivity index (χ0) is 22.5.